The number of ether oxygens (including phenoxy) is 1. The fourth-order valence-electron chi connectivity index (χ4n) is 7.70. The van der Waals surface area contributed by atoms with E-state index in [0.717, 1.165) is 24.8 Å². The van der Waals surface area contributed by atoms with E-state index in [1.54, 1.807) is 6.08 Å². The van der Waals surface area contributed by atoms with Crippen molar-refractivity contribution in [1.29, 1.82) is 0 Å². The number of fused-ring (bicyclic) bond motifs is 5. The number of carbonyl (C=O) groups is 4. The number of hydrogen-bond acceptors (Lipinski definition) is 7. The molecular formula is C25H34NaO8. The minimum absolute atomic E-state index is 0. The van der Waals surface area contributed by atoms with Gasteiger partial charge in [0.2, 0.25) is 5.78 Å². The maximum Gasteiger partial charge on any atom is 0.306 e. The monoisotopic (exact) mass is 485 g/mol. The molecule has 3 N–H and O–H groups in total. The van der Waals surface area contributed by atoms with E-state index >= 15 is 0 Å². The van der Waals surface area contributed by atoms with Crippen LogP contribution in [0.25, 0.3) is 0 Å². The number of carboxylic acids is 1. The number of aliphatic carboxylic acids is 1. The van der Waals surface area contributed by atoms with Gasteiger partial charge in [-0.3, -0.25) is 19.2 Å². The second-order valence-electron chi connectivity index (χ2n) is 11.0. The van der Waals surface area contributed by atoms with Crippen LogP contribution in [0.4, 0.5) is 0 Å². The number of Topliss-reactive ketones (excluding diaryl/α,β-unsaturated/α-hetero) is 1. The van der Waals surface area contributed by atoms with Crippen molar-refractivity contribution in [3.63, 3.8) is 0 Å². The molecule has 183 valence electrons. The van der Waals surface area contributed by atoms with Crippen LogP contribution in [0.5, 0.6) is 0 Å². The van der Waals surface area contributed by atoms with Gasteiger partial charge in [-0.1, -0.05) is 19.4 Å². The molecule has 4 rings (SSSR count). The Morgan fingerprint density at radius 2 is 1.82 bits per heavy atom. The molecule has 9 heteroatoms. The van der Waals surface area contributed by atoms with Gasteiger partial charge in [-0.15, -0.1) is 0 Å². The number of carboxylic acid groups (broad SMARTS) is 1. The first kappa shape index (κ1) is 27.5. The van der Waals surface area contributed by atoms with E-state index in [1.165, 1.54) is 0 Å². The molecule has 3 fully saturated rings. The Morgan fingerprint density at radius 3 is 2.50 bits per heavy atom. The van der Waals surface area contributed by atoms with E-state index in [0.29, 0.717) is 12.8 Å². The Morgan fingerprint density at radius 1 is 1.12 bits per heavy atom. The molecule has 4 aliphatic carbocycles. The smallest absolute Gasteiger partial charge is 0.306 e. The van der Waals surface area contributed by atoms with Crippen LogP contribution in [-0.2, 0) is 23.9 Å². The van der Waals surface area contributed by atoms with E-state index < -0.39 is 41.4 Å². The van der Waals surface area contributed by atoms with Crippen LogP contribution in [0.3, 0.4) is 0 Å². The number of aliphatic hydroxyl groups is 2. The molecule has 0 spiro atoms. The molecule has 5 unspecified atom stereocenters. The van der Waals surface area contributed by atoms with Gasteiger partial charge in [-0.25, -0.2) is 0 Å². The summed E-state index contributed by atoms with van der Waals surface area (Å²) in [5, 5.41) is 31.6. The maximum absolute atomic E-state index is 13.1. The zero-order chi connectivity index (χ0) is 24.2. The van der Waals surface area contributed by atoms with Crippen molar-refractivity contribution >= 4 is 53.1 Å². The number of rotatable bonds is 6. The number of allylic oxidation sites excluding steroid dienone is 1. The predicted molar refractivity (Wildman–Crippen MR) is 122 cm³/mol. The molecule has 8 nitrogen and oxygen atoms in total. The third kappa shape index (κ3) is 4.34. The van der Waals surface area contributed by atoms with Gasteiger partial charge in [-0.05, 0) is 67.8 Å². The van der Waals surface area contributed by atoms with Crippen LogP contribution in [0.2, 0.25) is 0 Å². The fraction of sp³-hybridized carbons (Fsp3) is 0.760. The van der Waals surface area contributed by atoms with Crippen molar-refractivity contribution in [2.45, 2.75) is 83.3 Å². The molecule has 0 amide bonds. The number of ketones is 2. The Labute approximate surface area is 221 Å². The minimum Gasteiger partial charge on any atom is -0.481 e. The topological polar surface area (TPSA) is 138 Å². The molecule has 3 saturated carbocycles. The van der Waals surface area contributed by atoms with E-state index in [1.807, 2.05) is 6.92 Å². The molecular weight excluding hydrogens is 451 g/mol. The van der Waals surface area contributed by atoms with Crippen molar-refractivity contribution in [2.75, 3.05) is 6.61 Å². The summed E-state index contributed by atoms with van der Waals surface area (Å²) in [6, 6.07) is 0. The molecule has 0 bridgehead atoms. The summed E-state index contributed by atoms with van der Waals surface area (Å²) in [4.78, 5) is 47.5. The molecule has 4 aliphatic rings. The van der Waals surface area contributed by atoms with E-state index in [-0.39, 0.29) is 84.2 Å². The normalized spacial score (nSPS) is 40.7. The van der Waals surface area contributed by atoms with Crippen molar-refractivity contribution in [3.05, 3.63) is 11.6 Å². The predicted octanol–water partition coefficient (Wildman–Crippen LogP) is 1.82. The SMILES string of the molecule is CC12CCC(=O)C=C1CCC1C2[C@@H](O)CC2(C)C1CC[C@]2(O)C(=O)COC(=O)CCC(=O)O.[Na]. The number of esters is 1. The molecule has 0 aliphatic heterocycles. The minimum atomic E-state index is -1.71. The Balaban J connectivity index is 0.00000324. The Kier molecular flexibility index (Phi) is 7.91. The van der Waals surface area contributed by atoms with Gasteiger partial charge in [-0.2, -0.15) is 0 Å². The van der Waals surface area contributed by atoms with Gasteiger partial charge < -0.3 is 20.1 Å². The summed E-state index contributed by atoms with van der Waals surface area (Å²) in [6.07, 6.45) is 4.30. The Bertz CT molecular complexity index is 915. The summed E-state index contributed by atoms with van der Waals surface area (Å²) < 4.78 is 4.97. The van der Waals surface area contributed by atoms with Crippen molar-refractivity contribution in [1.82, 2.24) is 0 Å². The molecule has 0 aromatic rings. The van der Waals surface area contributed by atoms with Crippen LogP contribution < -0.4 is 0 Å². The van der Waals surface area contributed by atoms with Crippen LogP contribution in [0.15, 0.2) is 11.6 Å². The third-order valence-electron chi connectivity index (χ3n) is 9.42. The average Bonchev–Trinajstić information content (AvgIpc) is 3.02. The average molecular weight is 486 g/mol. The summed E-state index contributed by atoms with van der Waals surface area (Å²) >= 11 is 0. The van der Waals surface area contributed by atoms with E-state index in [2.05, 4.69) is 6.92 Å². The van der Waals surface area contributed by atoms with Crippen molar-refractivity contribution in [3.8, 4) is 0 Å². The molecule has 0 saturated heterocycles. The van der Waals surface area contributed by atoms with Crippen LogP contribution in [0, 0.1) is 28.6 Å². The molecule has 1 radical (unpaired) electrons. The quantitative estimate of drug-likeness (QED) is 0.383. The first-order chi connectivity index (χ1) is 15.4. The number of carbonyl (C=O) groups excluding carboxylic acids is 3. The van der Waals surface area contributed by atoms with Gasteiger partial charge in [0.05, 0.1) is 18.9 Å². The van der Waals surface area contributed by atoms with E-state index in [4.69, 9.17) is 9.84 Å². The molecule has 34 heavy (non-hydrogen) atoms. The van der Waals surface area contributed by atoms with Crippen molar-refractivity contribution < 1.29 is 39.2 Å². The zero-order valence-corrected chi connectivity index (χ0v) is 22.3. The number of hydrogen-bond donors (Lipinski definition) is 3. The van der Waals surface area contributed by atoms with Crippen LogP contribution in [-0.4, -0.2) is 86.7 Å². The second kappa shape index (κ2) is 9.77. The molecule has 0 heterocycles. The first-order valence-electron chi connectivity index (χ1n) is 12.0. The Hall–Kier alpha value is -1.06. The van der Waals surface area contributed by atoms with E-state index in [9.17, 15) is 29.4 Å². The summed E-state index contributed by atoms with van der Waals surface area (Å²) in [5.41, 5.74) is -1.68. The maximum atomic E-state index is 13.1. The third-order valence-corrected chi connectivity index (χ3v) is 9.42. The second-order valence-corrected chi connectivity index (χ2v) is 11.0. The first-order valence-corrected chi connectivity index (χ1v) is 12.0. The standard InChI is InChI=1S/C25H34O8.Na/c1-23-9-7-15(26)11-14(23)3-4-16-17-8-10-25(32,24(17,2)12-18(27)22(16)23)19(28)13-33-21(31)6-5-20(29)30;/h11,16-18,22,27,32H,3-10,12-13H2,1-2H3,(H,29,30);/t16?,17?,18-,22?,23?,24?,25-;/m0./s1. The van der Waals surface area contributed by atoms with Gasteiger partial charge in [0, 0.05) is 41.4 Å². The van der Waals surface area contributed by atoms with Gasteiger partial charge in [0.15, 0.2) is 12.4 Å². The van der Waals surface area contributed by atoms with Crippen LogP contribution in [0.1, 0.15) is 71.6 Å². The summed E-state index contributed by atoms with van der Waals surface area (Å²) in [5.74, 6) is -2.20. The van der Waals surface area contributed by atoms with Crippen molar-refractivity contribution in [2.24, 2.45) is 28.6 Å². The summed E-state index contributed by atoms with van der Waals surface area (Å²) in [7, 11) is 0. The van der Waals surface area contributed by atoms with Gasteiger partial charge in [0.1, 0.15) is 5.60 Å². The fourth-order valence-corrected chi connectivity index (χ4v) is 7.70. The molecule has 0 aromatic heterocycles. The largest absolute Gasteiger partial charge is 0.481 e. The zero-order valence-electron chi connectivity index (χ0n) is 20.3. The molecule has 0 aromatic carbocycles. The van der Waals surface area contributed by atoms with Crippen LogP contribution >= 0.6 is 0 Å². The molecule has 7 atom stereocenters. The van der Waals surface area contributed by atoms with Gasteiger partial charge in [0.25, 0.3) is 0 Å². The van der Waals surface area contributed by atoms with Gasteiger partial charge >= 0.3 is 11.9 Å². The number of aliphatic hydroxyl groups excluding tert-OH is 1. The summed E-state index contributed by atoms with van der Waals surface area (Å²) in [6.45, 7) is 3.41.